The number of oxazole rings is 1. The number of nitrogens with zero attached hydrogens (tertiary/aromatic N) is 1. The van der Waals surface area contributed by atoms with Crippen LogP contribution in [0.1, 0.15) is 16.8 Å². The SMILES string of the molecule is Cn1c(=O)oc2c(C(=O)N[C@@H]3C=C[C@H](CO)C3)cccc21. The summed E-state index contributed by atoms with van der Waals surface area (Å²) in [5, 5.41) is 12.0. The van der Waals surface area contributed by atoms with Gasteiger partial charge in [-0.3, -0.25) is 9.36 Å². The summed E-state index contributed by atoms with van der Waals surface area (Å²) in [6, 6.07) is 4.96. The minimum Gasteiger partial charge on any atom is -0.407 e. The second-order valence-electron chi connectivity index (χ2n) is 5.22. The van der Waals surface area contributed by atoms with Crippen molar-refractivity contribution in [2.45, 2.75) is 12.5 Å². The minimum absolute atomic E-state index is 0.0754. The molecular formula is C15H16N2O4. The van der Waals surface area contributed by atoms with E-state index in [0.29, 0.717) is 23.1 Å². The van der Waals surface area contributed by atoms with E-state index in [1.165, 1.54) is 4.57 Å². The lowest BCUT2D eigenvalue weighted by molar-refractivity contribution is 0.0941. The zero-order valence-corrected chi connectivity index (χ0v) is 11.6. The van der Waals surface area contributed by atoms with Crippen LogP contribution in [0.4, 0.5) is 0 Å². The number of carbonyl (C=O) groups is 1. The van der Waals surface area contributed by atoms with Crippen molar-refractivity contribution in [3.05, 3.63) is 46.5 Å². The number of aliphatic hydroxyl groups is 1. The van der Waals surface area contributed by atoms with Gasteiger partial charge in [-0.05, 0) is 18.6 Å². The molecule has 3 rings (SSSR count). The van der Waals surface area contributed by atoms with Crippen molar-refractivity contribution in [2.75, 3.05) is 6.61 Å². The van der Waals surface area contributed by atoms with E-state index in [4.69, 9.17) is 9.52 Å². The molecule has 0 saturated heterocycles. The lowest BCUT2D eigenvalue weighted by Crippen LogP contribution is -2.33. The Hall–Kier alpha value is -2.34. The van der Waals surface area contributed by atoms with Crippen molar-refractivity contribution in [2.24, 2.45) is 13.0 Å². The van der Waals surface area contributed by atoms with Gasteiger partial charge >= 0.3 is 5.76 Å². The Labute approximate surface area is 120 Å². The first kappa shape index (κ1) is 13.6. The molecular weight excluding hydrogens is 272 g/mol. The Morgan fingerprint density at radius 3 is 3.00 bits per heavy atom. The van der Waals surface area contributed by atoms with Crippen molar-refractivity contribution >= 4 is 17.0 Å². The molecule has 0 fully saturated rings. The number of benzene rings is 1. The van der Waals surface area contributed by atoms with Crippen LogP contribution in [0.2, 0.25) is 0 Å². The average molecular weight is 288 g/mol. The number of aromatic nitrogens is 1. The van der Waals surface area contributed by atoms with Crippen LogP contribution in [-0.4, -0.2) is 28.2 Å². The van der Waals surface area contributed by atoms with Gasteiger partial charge in [0.25, 0.3) is 5.91 Å². The number of amides is 1. The largest absolute Gasteiger partial charge is 0.419 e. The second kappa shape index (κ2) is 5.21. The van der Waals surface area contributed by atoms with E-state index < -0.39 is 5.76 Å². The molecule has 6 heteroatoms. The Balaban J connectivity index is 1.87. The van der Waals surface area contributed by atoms with Crippen LogP contribution in [0.25, 0.3) is 11.1 Å². The quantitative estimate of drug-likeness (QED) is 0.818. The number of aliphatic hydroxyl groups excluding tert-OH is 1. The third-order valence-electron chi connectivity index (χ3n) is 3.79. The van der Waals surface area contributed by atoms with Crippen molar-refractivity contribution in [3.63, 3.8) is 0 Å². The molecule has 2 N–H and O–H groups in total. The third kappa shape index (κ3) is 2.38. The van der Waals surface area contributed by atoms with Crippen molar-refractivity contribution in [1.82, 2.24) is 9.88 Å². The van der Waals surface area contributed by atoms with E-state index >= 15 is 0 Å². The predicted octanol–water partition coefficient (Wildman–Crippen LogP) is 0.798. The lowest BCUT2D eigenvalue weighted by Gasteiger charge is -2.12. The second-order valence-corrected chi connectivity index (χ2v) is 5.22. The maximum absolute atomic E-state index is 12.4. The fraction of sp³-hybridized carbons (Fsp3) is 0.333. The van der Waals surface area contributed by atoms with E-state index in [2.05, 4.69) is 5.32 Å². The summed E-state index contributed by atoms with van der Waals surface area (Å²) in [4.78, 5) is 23.9. The molecule has 0 saturated carbocycles. The topological polar surface area (TPSA) is 84.5 Å². The minimum atomic E-state index is -0.494. The zero-order chi connectivity index (χ0) is 15.0. The first-order valence-electron chi connectivity index (χ1n) is 6.78. The summed E-state index contributed by atoms with van der Waals surface area (Å²) in [5.74, 6) is -0.699. The number of hydrogen-bond acceptors (Lipinski definition) is 4. The maximum Gasteiger partial charge on any atom is 0.419 e. The highest BCUT2D eigenvalue weighted by Crippen LogP contribution is 2.20. The fourth-order valence-electron chi connectivity index (χ4n) is 2.59. The van der Waals surface area contributed by atoms with Crippen molar-refractivity contribution < 1.29 is 14.3 Å². The van der Waals surface area contributed by atoms with Gasteiger partial charge in [-0.25, -0.2) is 4.79 Å². The maximum atomic E-state index is 12.4. The molecule has 2 aromatic rings. The van der Waals surface area contributed by atoms with Gasteiger partial charge in [0.2, 0.25) is 0 Å². The summed E-state index contributed by atoms with van der Waals surface area (Å²) < 4.78 is 6.51. The number of carbonyl (C=O) groups excluding carboxylic acids is 1. The number of fused-ring (bicyclic) bond motifs is 1. The molecule has 2 atom stereocenters. The summed E-state index contributed by atoms with van der Waals surface area (Å²) >= 11 is 0. The molecule has 1 aliphatic carbocycles. The van der Waals surface area contributed by atoms with Gasteiger partial charge in [-0.1, -0.05) is 18.2 Å². The normalized spacial score (nSPS) is 21.0. The fourth-order valence-corrected chi connectivity index (χ4v) is 2.59. The van der Waals surface area contributed by atoms with Crippen LogP contribution >= 0.6 is 0 Å². The molecule has 0 aliphatic heterocycles. The monoisotopic (exact) mass is 288 g/mol. The highest BCUT2D eigenvalue weighted by atomic mass is 16.4. The first-order valence-corrected chi connectivity index (χ1v) is 6.78. The Bertz CT molecular complexity index is 772. The van der Waals surface area contributed by atoms with Crippen LogP contribution in [0, 0.1) is 5.92 Å². The van der Waals surface area contributed by atoms with Crippen LogP contribution in [0.3, 0.4) is 0 Å². The van der Waals surface area contributed by atoms with E-state index in [1.54, 1.807) is 25.2 Å². The Morgan fingerprint density at radius 2 is 2.29 bits per heavy atom. The van der Waals surface area contributed by atoms with Gasteiger partial charge in [0, 0.05) is 25.6 Å². The average Bonchev–Trinajstić information content (AvgIpc) is 3.04. The third-order valence-corrected chi connectivity index (χ3v) is 3.79. The van der Waals surface area contributed by atoms with Crippen molar-refractivity contribution in [1.29, 1.82) is 0 Å². The van der Waals surface area contributed by atoms with Gasteiger partial charge in [-0.2, -0.15) is 0 Å². The highest BCUT2D eigenvalue weighted by Gasteiger charge is 2.22. The Kier molecular flexibility index (Phi) is 3.39. The van der Waals surface area contributed by atoms with Crippen molar-refractivity contribution in [3.8, 4) is 0 Å². The molecule has 1 amide bonds. The zero-order valence-electron chi connectivity index (χ0n) is 11.6. The first-order chi connectivity index (χ1) is 10.1. The molecule has 6 nitrogen and oxygen atoms in total. The van der Waals surface area contributed by atoms with Crippen LogP contribution in [0.15, 0.2) is 39.6 Å². The van der Waals surface area contributed by atoms with E-state index in [1.807, 2.05) is 12.2 Å². The number of hydrogen-bond donors (Lipinski definition) is 2. The smallest absolute Gasteiger partial charge is 0.407 e. The summed E-state index contributed by atoms with van der Waals surface area (Å²) in [6.45, 7) is 0.0754. The van der Waals surface area contributed by atoms with Gasteiger partial charge in [0.15, 0.2) is 5.58 Å². The van der Waals surface area contributed by atoms with E-state index in [-0.39, 0.29) is 24.5 Å². The summed E-state index contributed by atoms with van der Waals surface area (Å²) in [7, 11) is 1.60. The number of para-hydroxylation sites is 1. The Morgan fingerprint density at radius 1 is 1.48 bits per heavy atom. The molecule has 1 aromatic heterocycles. The number of rotatable bonds is 3. The molecule has 110 valence electrons. The van der Waals surface area contributed by atoms with Crippen LogP contribution in [-0.2, 0) is 7.05 Å². The molecule has 1 heterocycles. The van der Waals surface area contributed by atoms with Gasteiger partial charge in [0.1, 0.15) is 0 Å². The highest BCUT2D eigenvalue weighted by molar-refractivity contribution is 6.04. The molecule has 0 radical (unpaired) electrons. The number of nitrogens with one attached hydrogen (secondary N) is 1. The molecule has 21 heavy (non-hydrogen) atoms. The summed E-state index contributed by atoms with van der Waals surface area (Å²) in [5.41, 5.74) is 1.22. The summed E-state index contributed by atoms with van der Waals surface area (Å²) in [6.07, 6.45) is 4.45. The van der Waals surface area contributed by atoms with Gasteiger partial charge in [0.05, 0.1) is 11.1 Å². The standard InChI is InChI=1S/C15H16N2O4/c1-17-12-4-2-3-11(13(12)21-15(17)20)14(19)16-10-6-5-9(7-10)8-18/h2-6,9-10,18H,7-8H2,1H3,(H,16,19)/t9-,10+/m0/s1. The molecule has 1 aliphatic rings. The lowest BCUT2D eigenvalue weighted by atomic mass is 10.1. The molecule has 0 unspecified atom stereocenters. The van der Waals surface area contributed by atoms with Crippen LogP contribution < -0.4 is 11.1 Å². The predicted molar refractivity (Wildman–Crippen MR) is 77.0 cm³/mol. The molecule has 1 aromatic carbocycles. The molecule has 0 bridgehead atoms. The number of aryl methyl sites for hydroxylation is 1. The van der Waals surface area contributed by atoms with Gasteiger partial charge < -0.3 is 14.8 Å². The van der Waals surface area contributed by atoms with E-state index in [0.717, 1.165) is 0 Å². The van der Waals surface area contributed by atoms with Gasteiger partial charge in [-0.15, -0.1) is 0 Å². The van der Waals surface area contributed by atoms with E-state index in [9.17, 15) is 9.59 Å². The van der Waals surface area contributed by atoms with Crippen LogP contribution in [0.5, 0.6) is 0 Å². The molecule has 0 spiro atoms.